The van der Waals surface area contributed by atoms with Crippen LogP contribution in [0.3, 0.4) is 0 Å². The fraction of sp³-hybridized carbons (Fsp3) is 0.435. The molecule has 1 aliphatic heterocycles. The third-order valence-corrected chi connectivity index (χ3v) is 6.01. The van der Waals surface area contributed by atoms with Crippen molar-refractivity contribution in [2.75, 3.05) is 18.4 Å². The number of hydrogen-bond donors (Lipinski definition) is 1. The van der Waals surface area contributed by atoms with Gasteiger partial charge in [0.15, 0.2) is 5.69 Å². The highest BCUT2D eigenvalue weighted by Gasteiger charge is 2.47. The molecule has 0 radical (unpaired) electrons. The quantitative estimate of drug-likeness (QED) is 0.519. The molecule has 13 heteroatoms. The van der Waals surface area contributed by atoms with Gasteiger partial charge >= 0.3 is 6.18 Å². The lowest BCUT2D eigenvalue weighted by Crippen LogP contribution is -2.57. The van der Waals surface area contributed by atoms with Gasteiger partial charge in [0.05, 0.1) is 29.4 Å². The van der Waals surface area contributed by atoms with Crippen LogP contribution in [0.5, 0.6) is 0 Å². The summed E-state index contributed by atoms with van der Waals surface area (Å²) in [5.74, 6) is -4.56. The van der Waals surface area contributed by atoms with Crippen LogP contribution in [0.15, 0.2) is 36.9 Å². The normalized spacial score (nSPS) is 19.8. The van der Waals surface area contributed by atoms with Crippen molar-refractivity contribution in [3.8, 4) is 11.3 Å². The lowest BCUT2D eigenvalue weighted by Gasteiger charge is -2.43. The van der Waals surface area contributed by atoms with Crippen molar-refractivity contribution >= 4 is 11.9 Å². The van der Waals surface area contributed by atoms with Crippen molar-refractivity contribution < 1.29 is 26.7 Å². The van der Waals surface area contributed by atoms with Crippen molar-refractivity contribution in [2.45, 2.75) is 38.4 Å². The third-order valence-electron chi connectivity index (χ3n) is 6.01. The first-order chi connectivity index (χ1) is 16.8. The van der Waals surface area contributed by atoms with Crippen LogP contribution in [0, 0.1) is 12.8 Å². The van der Waals surface area contributed by atoms with Crippen molar-refractivity contribution in [3.63, 3.8) is 0 Å². The monoisotopic (exact) mass is 509 g/mol. The molecule has 1 fully saturated rings. The molecule has 8 nitrogen and oxygen atoms in total. The van der Waals surface area contributed by atoms with Crippen molar-refractivity contribution in [2.24, 2.45) is 13.0 Å². The highest BCUT2D eigenvalue weighted by atomic mass is 19.4. The van der Waals surface area contributed by atoms with Gasteiger partial charge in [-0.2, -0.15) is 18.3 Å². The fourth-order valence-corrected chi connectivity index (χ4v) is 4.24. The first-order valence-corrected chi connectivity index (χ1v) is 11.1. The predicted octanol–water partition coefficient (Wildman–Crippen LogP) is 4.20. The summed E-state index contributed by atoms with van der Waals surface area (Å²) in [5.41, 5.74) is 0.762. The van der Waals surface area contributed by atoms with Gasteiger partial charge in [-0.1, -0.05) is 13.0 Å². The van der Waals surface area contributed by atoms with E-state index in [9.17, 15) is 26.7 Å². The maximum absolute atomic E-state index is 14.6. The van der Waals surface area contributed by atoms with Crippen LogP contribution >= 0.6 is 0 Å². The summed E-state index contributed by atoms with van der Waals surface area (Å²) in [6.07, 6.45) is -0.551. The number of hydrogen-bond acceptors (Lipinski definition) is 6. The van der Waals surface area contributed by atoms with Crippen LogP contribution in [-0.2, 0) is 13.2 Å². The largest absolute Gasteiger partial charge is 0.419 e. The van der Waals surface area contributed by atoms with Crippen molar-refractivity contribution in [1.29, 1.82) is 0 Å². The molecule has 36 heavy (non-hydrogen) atoms. The predicted molar refractivity (Wildman–Crippen MR) is 120 cm³/mol. The molecular weight excluding hydrogens is 485 g/mol. The van der Waals surface area contributed by atoms with Gasteiger partial charge in [-0.05, 0) is 24.5 Å². The Balaban J connectivity index is 1.60. The smallest absolute Gasteiger partial charge is 0.352 e. The minimum Gasteiger partial charge on any atom is -0.352 e. The van der Waals surface area contributed by atoms with Crippen LogP contribution in [0.4, 0.5) is 27.9 Å². The van der Waals surface area contributed by atoms with E-state index < -0.39 is 48.5 Å². The Morgan fingerprint density at radius 2 is 1.86 bits per heavy atom. The summed E-state index contributed by atoms with van der Waals surface area (Å²) in [6, 6.07) is 2.82. The van der Waals surface area contributed by atoms with E-state index in [0.717, 1.165) is 10.5 Å². The molecular formula is C23H24F5N7O. The van der Waals surface area contributed by atoms with Gasteiger partial charge in [-0.15, -0.1) is 0 Å². The Morgan fingerprint density at radius 1 is 1.17 bits per heavy atom. The molecule has 1 N–H and O–H groups in total. The average molecular weight is 509 g/mol. The van der Waals surface area contributed by atoms with Crippen molar-refractivity contribution in [3.05, 3.63) is 53.7 Å². The molecule has 3 aromatic heterocycles. The molecule has 1 amide bonds. The highest BCUT2D eigenvalue weighted by Crippen LogP contribution is 2.36. The number of likely N-dealkylation sites (tertiary alicyclic amines) is 1. The molecule has 0 spiro atoms. The molecule has 0 bridgehead atoms. The van der Waals surface area contributed by atoms with E-state index in [2.05, 4.69) is 25.4 Å². The van der Waals surface area contributed by atoms with E-state index in [0.29, 0.717) is 23.7 Å². The molecule has 4 heterocycles. The highest BCUT2D eigenvalue weighted by molar-refractivity contribution is 5.98. The zero-order valence-corrected chi connectivity index (χ0v) is 19.7. The fourth-order valence-electron chi connectivity index (χ4n) is 4.24. The zero-order valence-electron chi connectivity index (χ0n) is 19.7. The maximum Gasteiger partial charge on any atom is 0.419 e. The Labute approximate surface area is 203 Å². The number of carbonyl (C=O) groups excluding carboxylic acids is 1. The number of anilines is 1. The second kappa shape index (κ2) is 9.43. The average Bonchev–Trinajstić information content (AvgIpc) is 3.19. The Hall–Kier alpha value is -3.64. The molecule has 3 aromatic rings. The van der Waals surface area contributed by atoms with Gasteiger partial charge in [0.2, 0.25) is 5.95 Å². The number of halogens is 5. The van der Waals surface area contributed by atoms with E-state index in [1.165, 1.54) is 4.68 Å². The molecule has 0 aliphatic carbocycles. The number of aryl methyl sites for hydroxylation is 2. The van der Waals surface area contributed by atoms with Gasteiger partial charge < -0.3 is 10.2 Å². The minimum absolute atomic E-state index is 0.0190. The van der Waals surface area contributed by atoms with Crippen LogP contribution in [0.1, 0.15) is 35.0 Å². The number of pyridine rings is 1. The van der Waals surface area contributed by atoms with E-state index >= 15 is 0 Å². The van der Waals surface area contributed by atoms with Crippen LogP contribution in [0.25, 0.3) is 11.3 Å². The van der Waals surface area contributed by atoms with Crippen molar-refractivity contribution in [1.82, 2.24) is 29.6 Å². The lowest BCUT2D eigenvalue weighted by molar-refractivity contribution is -0.138. The Bertz CT molecular complexity index is 1230. The number of alkyl halides is 5. The Morgan fingerprint density at radius 3 is 2.47 bits per heavy atom. The SMILES string of the molecule is Cc1ccc(-c2cn(C)nc2C(=O)N2CC(F)(F)CC(C)C2CNc2ncc(C(F)(F)F)cn2)nc1. The molecule has 192 valence electrons. The van der Waals surface area contributed by atoms with Gasteiger partial charge in [-0.25, -0.2) is 18.7 Å². The molecule has 1 aliphatic rings. The van der Waals surface area contributed by atoms with E-state index in [-0.39, 0.29) is 18.2 Å². The number of aromatic nitrogens is 5. The standard InChI is InChI=1S/C23H24F5N7O/c1-13-4-5-17(29-7-13)16-11-34(3)33-19(16)20(36)35-12-22(24,25)6-14(2)18(35)10-32-21-30-8-15(9-31-21)23(26,27)28/h4-5,7-9,11,14,18H,6,10,12H2,1-3H3,(H,30,31,32). The summed E-state index contributed by atoms with van der Waals surface area (Å²) in [4.78, 5) is 26.3. The number of nitrogens with zero attached hydrogens (tertiary/aromatic N) is 6. The number of rotatable bonds is 5. The number of carbonyl (C=O) groups is 1. The second-order valence-corrected chi connectivity index (χ2v) is 9.00. The summed E-state index contributed by atoms with van der Waals surface area (Å²) in [7, 11) is 1.61. The van der Waals surface area contributed by atoms with E-state index in [1.54, 1.807) is 32.4 Å². The first-order valence-electron chi connectivity index (χ1n) is 11.1. The topological polar surface area (TPSA) is 88.8 Å². The molecule has 4 rings (SSSR count). The van der Waals surface area contributed by atoms with Gasteiger partial charge in [-0.3, -0.25) is 14.5 Å². The first kappa shape index (κ1) is 25.5. The number of piperidine rings is 1. The van der Waals surface area contributed by atoms with Gasteiger partial charge in [0, 0.05) is 44.8 Å². The summed E-state index contributed by atoms with van der Waals surface area (Å²) in [5, 5.41) is 7.01. The van der Waals surface area contributed by atoms with E-state index in [4.69, 9.17) is 0 Å². The number of amides is 1. The number of nitrogens with one attached hydrogen (secondary N) is 1. The molecule has 1 saturated heterocycles. The third kappa shape index (κ3) is 5.44. The molecule has 0 aromatic carbocycles. The summed E-state index contributed by atoms with van der Waals surface area (Å²) >= 11 is 0. The summed E-state index contributed by atoms with van der Waals surface area (Å²) in [6.45, 7) is 2.59. The van der Waals surface area contributed by atoms with Gasteiger partial charge in [0.25, 0.3) is 11.8 Å². The van der Waals surface area contributed by atoms with Gasteiger partial charge in [0.1, 0.15) is 0 Å². The molecule has 2 atom stereocenters. The lowest BCUT2D eigenvalue weighted by atomic mass is 9.88. The van der Waals surface area contributed by atoms with Crippen LogP contribution in [-0.4, -0.2) is 60.6 Å². The van der Waals surface area contributed by atoms with Crippen LogP contribution in [0.2, 0.25) is 0 Å². The second-order valence-electron chi connectivity index (χ2n) is 9.00. The van der Waals surface area contributed by atoms with E-state index in [1.807, 2.05) is 13.0 Å². The Kier molecular flexibility index (Phi) is 6.67. The molecule has 0 saturated carbocycles. The molecule has 2 unspecified atom stereocenters. The summed E-state index contributed by atoms with van der Waals surface area (Å²) < 4.78 is 68.9. The zero-order chi connectivity index (χ0) is 26.3. The minimum atomic E-state index is -4.59. The maximum atomic E-state index is 14.6. The van der Waals surface area contributed by atoms with Crippen LogP contribution < -0.4 is 5.32 Å².